The first-order chi connectivity index (χ1) is 8.74. The van der Waals surface area contributed by atoms with E-state index in [0.717, 1.165) is 15.9 Å². The Balaban J connectivity index is 1.71. The van der Waals surface area contributed by atoms with Gasteiger partial charge in [-0.05, 0) is 12.1 Å². The second-order valence-corrected chi connectivity index (χ2v) is 5.39. The molecule has 1 fully saturated rings. The SMILES string of the molecule is O=C(CN1CNC(=S)SC1)NNc1ccccc1. The Morgan fingerprint density at radius 1 is 1.44 bits per heavy atom. The van der Waals surface area contributed by atoms with Crippen molar-refractivity contribution in [3.8, 4) is 0 Å². The van der Waals surface area contributed by atoms with Crippen LogP contribution in [-0.2, 0) is 4.79 Å². The molecule has 1 amide bonds. The second kappa shape index (κ2) is 6.58. The number of nitrogens with zero attached hydrogens (tertiary/aromatic N) is 1. The molecule has 1 aliphatic rings. The number of thioether (sulfide) groups is 1. The maximum absolute atomic E-state index is 11.7. The minimum atomic E-state index is -0.0749. The van der Waals surface area contributed by atoms with E-state index in [1.165, 1.54) is 11.8 Å². The van der Waals surface area contributed by atoms with Crippen LogP contribution in [0.25, 0.3) is 0 Å². The van der Waals surface area contributed by atoms with Crippen LogP contribution in [0.2, 0.25) is 0 Å². The highest BCUT2D eigenvalue weighted by molar-refractivity contribution is 8.22. The molecule has 7 heteroatoms. The van der Waals surface area contributed by atoms with Crippen molar-refractivity contribution in [1.82, 2.24) is 15.6 Å². The highest BCUT2D eigenvalue weighted by Crippen LogP contribution is 2.09. The normalized spacial score (nSPS) is 15.9. The van der Waals surface area contributed by atoms with Gasteiger partial charge in [-0.25, -0.2) is 0 Å². The van der Waals surface area contributed by atoms with Gasteiger partial charge >= 0.3 is 0 Å². The lowest BCUT2D eigenvalue weighted by atomic mass is 10.3. The van der Waals surface area contributed by atoms with E-state index in [1.807, 2.05) is 35.2 Å². The molecular weight excluding hydrogens is 268 g/mol. The number of anilines is 1. The summed E-state index contributed by atoms with van der Waals surface area (Å²) in [4.78, 5) is 13.7. The number of hydrogen-bond acceptors (Lipinski definition) is 5. The fraction of sp³-hybridized carbons (Fsp3) is 0.273. The number of amides is 1. The number of hydrazine groups is 1. The first kappa shape index (κ1) is 13.1. The number of thiocarbonyl (C=S) groups is 1. The maximum Gasteiger partial charge on any atom is 0.252 e. The minimum absolute atomic E-state index is 0.0749. The van der Waals surface area contributed by atoms with Crippen molar-refractivity contribution in [2.75, 3.05) is 24.5 Å². The first-order valence-electron chi connectivity index (χ1n) is 5.47. The summed E-state index contributed by atoms with van der Waals surface area (Å²) >= 11 is 6.53. The van der Waals surface area contributed by atoms with E-state index in [1.54, 1.807) is 0 Å². The molecule has 5 nitrogen and oxygen atoms in total. The van der Waals surface area contributed by atoms with E-state index < -0.39 is 0 Å². The van der Waals surface area contributed by atoms with E-state index in [4.69, 9.17) is 12.2 Å². The Hall–Kier alpha value is -1.31. The number of carbonyl (C=O) groups excluding carboxylic acids is 1. The molecule has 2 rings (SSSR count). The topological polar surface area (TPSA) is 56.4 Å². The van der Waals surface area contributed by atoms with Crippen molar-refractivity contribution in [3.05, 3.63) is 30.3 Å². The van der Waals surface area contributed by atoms with Crippen molar-refractivity contribution in [2.45, 2.75) is 0 Å². The standard InChI is InChI=1S/C11H14N4OS2/c16-10(6-15-7-12-11(17)18-8-15)14-13-9-4-2-1-3-5-9/h1-5,13H,6-8H2,(H,12,17)(H,14,16). The average Bonchev–Trinajstić information content (AvgIpc) is 2.40. The molecule has 1 aromatic carbocycles. The Labute approximate surface area is 115 Å². The van der Waals surface area contributed by atoms with E-state index in [2.05, 4.69) is 16.2 Å². The van der Waals surface area contributed by atoms with Gasteiger partial charge in [0.15, 0.2) is 0 Å². The molecule has 1 aliphatic heterocycles. The molecule has 0 aromatic heterocycles. The molecule has 0 aliphatic carbocycles. The van der Waals surface area contributed by atoms with Gasteiger partial charge in [0.25, 0.3) is 5.91 Å². The Kier molecular flexibility index (Phi) is 4.80. The molecule has 0 bridgehead atoms. The summed E-state index contributed by atoms with van der Waals surface area (Å²) in [5.74, 6) is 0.666. The third kappa shape index (κ3) is 4.17. The lowest BCUT2D eigenvalue weighted by molar-refractivity contribution is -0.121. The molecule has 1 heterocycles. The lowest BCUT2D eigenvalue weighted by Crippen LogP contribution is -2.46. The number of carbonyl (C=O) groups is 1. The average molecular weight is 282 g/mol. The molecule has 1 aromatic rings. The van der Waals surface area contributed by atoms with Crippen LogP contribution >= 0.6 is 24.0 Å². The van der Waals surface area contributed by atoms with E-state index in [-0.39, 0.29) is 5.91 Å². The van der Waals surface area contributed by atoms with Crippen molar-refractivity contribution in [3.63, 3.8) is 0 Å². The summed E-state index contributed by atoms with van der Waals surface area (Å²) in [5, 5.41) is 3.03. The van der Waals surface area contributed by atoms with E-state index >= 15 is 0 Å². The van der Waals surface area contributed by atoms with Crippen molar-refractivity contribution >= 4 is 39.9 Å². The molecule has 3 N–H and O–H groups in total. The molecule has 0 unspecified atom stereocenters. The van der Waals surface area contributed by atoms with Crippen LogP contribution in [0, 0.1) is 0 Å². The van der Waals surface area contributed by atoms with E-state index in [9.17, 15) is 4.79 Å². The zero-order chi connectivity index (χ0) is 12.8. The Morgan fingerprint density at radius 3 is 2.89 bits per heavy atom. The predicted octanol–water partition coefficient (Wildman–Crippen LogP) is 0.968. The van der Waals surface area contributed by atoms with Crippen LogP contribution in [0.4, 0.5) is 5.69 Å². The number of para-hydroxylation sites is 1. The van der Waals surface area contributed by atoms with Gasteiger partial charge < -0.3 is 5.32 Å². The zero-order valence-electron chi connectivity index (χ0n) is 9.68. The van der Waals surface area contributed by atoms with Gasteiger partial charge in [-0.1, -0.05) is 42.2 Å². The fourth-order valence-electron chi connectivity index (χ4n) is 1.43. The highest BCUT2D eigenvalue weighted by Gasteiger charge is 2.15. The minimum Gasteiger partial charge on any atom is -0.358 e. The van der Waals surface area contributed by atoms with Gasteiger partial charge in [-0.15, -0.1) is 0 Å². The summed E-state index contributed by atoms with van der Waals surface area (Å²) in [6.45, 7) is 0.951. The van der Waals surface area contributed by atoms with Gasteiger partial charge in [0, 0.05) is 0 Å². The number of rotatable bonds is 4. The highest BCUT2D eigenvalue weighted by atomic mass is 32.2. The fourth-order valence-corrected chi connectivity index (χ4v) is 2.30. The molecule has 0 saturated carbocycles. The first-order valence-corrected chi connectivity index (χ1v) is 6.86. The third-order valence-corrected chi connectivity index (χ3v) is 3.71. The molecule has 0 spiro atoms. The van der Waals surface area contributed by atoms with Crippen LogP contribution in [0.15, 0.2) is 30.3 Å². The summed E-state index contributed by atoms with van der Waals surface area (Å²) < 4.78 is 0.786. The van der Waals surface area contributed by atoms with Gasteiger partial charge in [0.1, 0.15) is 4.32 Å². The molecule has 96 valence electrons. The van der Waals surface area contributed by atoms with Crippen LogP contribution in [0.5, 0.6) is 0 Å². The maximum atomic E-state index is 11.7. The molecule has 18 heavy (non-hydrogen) atoms. The smallest absolute Gasteiger partial charge is 0.252 e. The second-order valence-electron chi connectivity index (χ2n) is 3.76. The molecule has 0 atom stereocenters. The van der Waals surface area contributed by atoms with Crippen LogP contribution < -0.4 is 16.2 Å². The van der Waals surface area contributed by atoms with Gasteiger partial charge in [0.05, 0.1) is 24.8 Å². The lowest BCUT2D eigenvalue weighted by Gasteiger charge is -2.26. The van der Waals surface area contributed by atoms with Crippen LogP contribution in [0.1, 0.15) is 0 Å². The number of hydrogen-bond donors (Lipinski definition) is 3. The third-order valence-electron chi connectivity index (χ3n) is 2.31. The monoisotopic (exact) mass is 282 g/mol. The number of benzene rings is 1. The summed E-state index contributed by atoms with van der Waals surface area (Å²) in [6.07, 6.45) is 0. The molecule has 1 saturated heterocycles. The molecule has 0 radical (unpaired) electrons. The van der Waals surface area contributed by atoms with E-state index in [0.29, 0.717) is 13.2 Å². The van der Waals surface area contributed by atoms with Crippen molar-refractivity contribution in [1.29, 1.82) is 0 Å². The Morgan fingerprint density at radius 2 is 2.22 bits per heavy atom. The van der Waals surface area contributed by atoms with Crippen molar-refractivity contribution in [2.24, 2.45) is 0 Å². The summed E-state index contributed by atoms with van der Waals surface area (Å²) in [5.41, 5.74) is 6.38. The van der Waals surface area contributed by atoms with Crippen molar-refractivity contribution < 1.29 is 4.79 Å². The van der Waals surface area contributed by atoms with Gasteiger partial charge in [0.2, 0.25) is 0 Å². The van der Waals surface area contributed by atoms with Gasteiger partial charge in [-0.2, -0.15) is 0 Å². The van der Waals surface area contributed by atoms with Crippen LogP contribution in [-0.4, -0.2) is 34.2 Å². The Bertz CT molecular complexity index is 416. The summed E-state index contributed by atoms with van der Waals surface area (Å²) in [6, 6.07) is 9.50. The van der Waals surface area contributed by atoms with Gasteiger partial charge in [-0.3, -0.25) is 20.5 Å². The van der Waals surface area contributed by atoms with Crippen LogP contribution in [0.3, 0.4) is 0 Å². The number of nitrogens with one attached hydrogen (secondary N) is 3. The predicted molar refractivity (Wildman–Crippen MR) is 78.0 cm³/mol. The summed E-state index contributed by atoms with van der Waals surface area (Å²) in [7, 11) is 0. The zero-order valence-corrected chi connectivity index (χ0v) is 11.3. The largest absolute Gasteiger partial charge is 0.358 e. The quantitative estimate of drug-likeness (QED) is 0.565. The molecular formula is C11H14N4OS2.